The molecule has 3 unspecified atom stereocenters. The summed E-state index contributed by atoms with van der Waals surface area (Å²) in [5, 5.41) is 0. The summed E-state index contributed by atoms with van der Waals surface area (Å²) in [6.07, 6.45) is 25.8. The Morgan fingerprint density at radius 3 is 1.56 bits per heavy atom. The Hall–Kier alpha value is 0. The van der Waals surface area contributed by atoms with Crippen LogP contribution in [0.3, 0.4) is 0 Å². The summed E-state index contributed by atoms with van der Waals surface area (Å²) in [5.74, 6) is 1.85. The van der Waals surface area contributed by atoms with E-state index in [1.54, 1.807) is 0 Å². The average Bonchev–Trinajstić information content (AvgIpc) is 2.68. The lowest BCUT2D eigenvalue weighted by Gasteiger charge is -2.44. The second-order valence-corrected chi connectivity index (χ2v) is 9.76. The van der Waals surface area contributed by atoms with E-state index in [9.17, 15) is 0 Å². The molecule has 0 saturated carbocycles. The van der Waals surface area contributed by atoms with Crippen LogP contribution in [0.2, 0.25) is 0 Å². The maximum Gasteiger partial charge on any atom is -0.0272 e. The summed E-state index contributed by atoms with van der Waals surface area (Å²) >= 11 is 0. The van der Waals surface area contributed by atoms with Crippen LogP contribution in [0.5, 0.6) is 0 Å². The lowest BCUT2D eigenvalue weighted by molar-refractivity contribution is 0.0623. The van der Waals surface area contributed by atoms with Gasteiger partial charge in [0.1, 0.15) is 0 Å². The summed E-state index contributed by atoms with van der Waals surface area (Å²) in [6, 6.07) is 0. The lowest BCUT2D eigenvalue weighted by Crippen LogP contribution is -2.34. The van der Waals surface area contributed by atoms with Gasteiger partial charge in [0.05, 0.1) is 0 Å². The van der Waals surface area contributed by atoms with Gasteiger partial charge in [-0.3, -0.25) is 0 Å². The third-order valence-corrected chi connectivity index (χ3v) is 7.43. The van der Waals surface area contributed by atoms with Crippen molar-refractivity contribution < 1.29 is 0 Å². The van der Waals surface area contributed by atoms with Crippen molar-refractivity contribution >= 4 is 0 Å². The molecule has 0 bridgehead atoms. The van der Waals surface area contributed by atoms with E-state index in [4.69, 9.17) is 0 Å². The lowest BCUT2D eigenvalue weighted by atomic mass is 9.61. The number of hydrogen-bond donors (Lipinski definition) is 0. The van der Waals surface area contributed by atoms with Crippen LogP contribution in [0.1, 0.15) is 157 Å². The SMILES string of the molecule is CCCCCCCCC(CCCC)C(C)(CCCCCC)C(C)CCCC. The highest BCUT2D eigenvalue weighted by atomic mass is 14.4. The Kier molecular flexibility index (Phi) is 18.1. The van der Waals surface area contributed by atoms with Crippen molar-refractivity contribution in [2.75, 3.05) is 0 Å². The van der Waals surface area contributed by atoms with E-state index in [0.29, 0.717) is 5.41 Å². The van der Waals surface area contributed by atoms with Crippen LogP contribution in [0.15, 0.2) is 0 Å². The Labute approximate surface area is 174 Å². The fraction of sp³-hybridized carbons (Fsp3) is 1.00. The highest BCUT2D eigenvalue weighted by Gasteiger charge is 2.37. The molecule has 0 rings (SSSR count). The summed E-state index contributed by atoms with van der Waals surface area (Å²) in [6.45, 7) is 14.7. The zero-order chi connectivity index (χ0) is 20.4. The summed E-state index contributed by atoms with van der Waals surface area (Å²) in [5.41, 5.74) is 0.571. The Morgan fingerprint density at radius 2 is 0.963 bits per heavy atom. The third-order valence-electron chi connectivity index (χ3n) is 7.43. The second-order valence-electron chi connectivity index (χ2n) is 9.76. The van der Waals surface area contributed by atoms with Gasteiger partial charge in [-0.25, -0.2) is 0 Å². The average molecular weight is 381 g/mol. The first-order chi connectivity index (χ1) is 13.1. The molecule has 0 aliphatic heterocycles. The first-order valence-corrected chi connectivity index (χ1v) is 13.1. The summed E-state index contributed by atoms with van der Waals surface area (Å²) in [4.78, 5) is 0. The Bertz CT molecular complexity index is 294. The van der Waals surface area contributed by atoms with E-state index >= 15 is 0 Å². The van der Waals surface area contributed by atoms with Gasteiger partial charge in [0.2, 0.25) is 0 Å². The van der Waals surface area contributed by atoms with Crippen LogP contribution in [-0.4, -0.2) is 0 Å². The van der Waals surface area contributed by atoms with Crippen LogP contribution in [0.25, 0.3) is 0 Å². The summed E-state index contributed by atoms with van der Waals surface area (Å²) < 4.78 is 0. The first-order valence-electron chi connectivity index (χ1n) is 13.1. The molecule has 3 atom stereocenters. The van der Waals surface area contributed by atoms with Gasteiger partial charge < -0.3 is 0 Å². The molecule has 0 fully saturated rings. The number of hydrogen-bond acceptors (Lipinski definition) is 0. The van der Waals surface area contributed by atoms with E-state index in [1.807, 2.05) is 0 Å². The standard InChI is InChI=1S/C27H56/c1-7-11-15-17-18-19-23-26(22-14-10-4)27(6,24-20-16-12-8-2)25(5)21-13-9-3/h25-26H,7-24H2,1-6H3. The van der Waals surface area contributed by atoms with Crippen molar-refractivity contribution in [1.82, 2.24) is 0 Å². The molecule has 0 aromatic carbocycles. The minimum atomic E-state index is 0.571. The van der Waals surface area contributed by atoms with Crippen LogP contribution < -0.4 is 0 Å². The molecule has 0 aromatic heterocycles. The van der Waals surface area contributed by atoms with Crippen molar-refractivity contribution in [3.63, 3.8) is 0 Å². The van der Waals surface area contributed by atoms with Gasteiger partial charge in [-0.2, -0.15) is 0 Å². The molecular weight excluding hydrogens is 324 g/mol. The Morgan fingerprint density at radius 1 is 0.519 bits per heavy atom. The van der Waals surface area contributed by atoms with Gasteiger partial charge in [0.25, 0.3) is 0 Å². The van der Waals surface area contributed by atoms with Crippen molar-refractivity contribution in [3.8, 4) is 0 Å². The van der Waals surface area contributed by atoms with Gasteiger partial charge in [-0.15, -0.1) is 0 Å². The fourth-order valence-electron chi connectivity index (χ4n) is 5.05. The maximum atomic E-state index is 2.69. The molecule has 0 heterocycles. The highest BCUT2D eigenvalue weighted by Crippen LogP contribution is 2.47. The molecule has 0 nitrogen and oxygen atoms in total. The first kappa shape index (κ1) is 27.0. The van der Waals surface area contributed by atoms with Crippen molar-refractivity contribution in [2.45, 2.75) is 157 Å². The molecule has 0 saturated heterocycles. The molecule has 0 aliphatic carbocycles. The van der Waals surface area contributed by atoms with Gasteiger partial charge in [-0.1, -0.05) is 138 Å². The molecule has 0 amide bonds. The quantitative estimate of drug-likeness (QED) is 0.184. The second kappa shape index (κ2) is 18.1. The smallest absolute Gasteiger partial charge is 0.0272 e. The molecule has 27 heavy (non-hydrogen) atoms. The minimum Gasteiger partial charge on any atom is -0.0654 e. The Balaban J connectivity index is 4.89. The van der Waals surface area contributed by atoms with Crippen LogP contribution in [0, 0.1) is 17.3 Å². The molecule has 0 heteroatoms. The van der Waals surface area contributed by atoms with Crippen molar-refractivity contribution in [1.29, 1.82) is 0 Å². The predicted molar refractivity (Wildman–Crippen MR) is 127 cm³/mol. The molecule has 0 N–H and O–H groups in total. The monoisotopic (exact) mass is 380 g/mol. The van der Waals surface area contributed by atoms with E-state index in [1.165, 1.54) is 116 Å². The largest absolute Gasteiger partial charge is 0.0654 e. The maximum absolute atomic E-state index is 2.69. The molecule has 0 spiro atoms. The van der Waals surface area contributed by atoms with Crippen molar-refractivity contribution in [3.05, 3.63) is 0 Å². The van der Waals surface area contributed by atoms with Gasteiger partial charge in [0, 0.05) is 0 Å². The molecule has 164 valence electrons. The molecular formula is C27H56. The van der Waals surface area contributed by atoms with Crippen LogP contribution >= 0.6 is 0 Å². The predicted octanol–water partition coefficient (Wildman–Crippen LogP) is 10.3. The highest BCUT2D eigenvalue weighted by molar-refractivity contribution is 4.87. The van der Waals surface area contributed by atoms with Crippen LogP contribution in [0.4, 0.5) is 0 Å². The zero-order valence-corrected chi connectivity index (χ0v) is 20.4. The topological polar surface area (TPSA) is 0 Å². The minimum absolute atomic E-state index is 0.571. The molecule has 0 aliphatic rings. The van der Waals surface area contributed by atoms with E-state index in [-0.39, 0.29) is 0 Å². The third kappa shape index (κ3) is 12.2. The normalized spacial score (nSPS) is 16.2. The van der Waals surface area contributed by atoms with Crippen LogP contribution in [-0.2, 0) is 0 Å². The van der Waals surface area contributed by atoms with Gasteiger partial charge in [-0.05, 0) is 36.5 Å². The fourth-order valence-corrected chi connectivity index (χ4v) is 5.05. The van der Waals surface area contributed by atoms with Crippen molar-refractivity contribution in [2.24, 2.45) is 17.3 Å². The van der Waals surface area contributed by atoms with Gasteiger partial charge in [0.15, 0.2) is 0 Å². The van der Waals surface area contributed by atoms with E-state index < -0.39 is 0 Å². The number of rotatable bonds is 20. The zero-order valence-electron chi connectivity index (χ0n) is 20.4. The molecule has 0 radical (unpaired) electrons. The number of unbranched alkanes of at least 4 members (excludes halogenated alkanes) is 10. The van der Waals surface area contributed by atoms with Gasteiger partial charge >= 0.3 is 0 Å². The van der Waals surface area contributed by atoms with E-state index in [0.717, 1.165) is 11.8 Å². The molecule has 0 aromatic rings. The van der Waals surface area contributed by atoms with E-state index in [2.05, 4.69) is 41.5 Å². The summed E-state index contributed by atoms with van der Waals surface area (Å²) in [7, 11) is 0.